The zero-order valence-corrected chi connectivity index (χ0v) is 13.8. The van der Waals surface area contributed by atoms with Crippen LogP contribution >= 0.6 is 0 Å². The molecule has 1 heterocycles. The maximum atomic E-state index is 9.28. The molecular weight excluding hydrogens is 312 g/mol. The van der Waals surface area contributed by atoms with Gasteiger partial charge in [0.05, 0.1) is 0 Å². The minimum Gasteiger partial charge on any atom is -0.408 e. The molecule has 126 valence electrons. The average molecular weight is 332 g/mol. The van der Waals surface area contributed by atoms with Gasteiger partial charge in [-0.15, -0.1) is 0 Å². The second-order valence-corrected chi connectivity index (χ2v) is 5.59. The highest BCUT2D eigenvalue weighted by Gasteiger charge is 2.08. The summed E-state index contributed by atoms with van der Waals surface area (Å²) in [6.45, 7) is 0.550. The molecule has 0 saturated heterocycles. The second-order valence-electron chi connectivity index (χ2n) is 5.59. The number of aromatic nitrogens is 1. The number of anilines is 1. The second kappa shape index (κ2) is 8.49. The zero-order valence-electron chi connectivity index (χ0n) is 13.8. The van der Waals surface area contributed by atoms with E-state index in [1.807, 2.05) is 60.7 Å². The summed E-state index contributed by atoms with van der Waals surface area (Å²) in [4.78, 5) is 4.37. The Kier molecular flexibility index (Phi) is 5.61. The van der Waals surface area contributed by atoms with Crippen molar-refractivity contribution in [2.75, 3.05) is 5.32 Å². The monoisotopic (exact) mass is 332 g/mol. The lowest BCUT2D eigenvalue weighted by atomic mass is 10.1. The summed E-state index contributed by atoms with van der Waals surface area (Å²) in [6, 6.07) is 24.0. The molecular formula is C20H20N4O. The van der Waals surface area contributed by atoms with E-state index >= 15 is 0 Å². The van der Waals surface area contributed by atoms with Crippen molar-refractivity contribution in [3.8, 4) is 0 Å². The summed E-state index contributed by atoms with van der Waals surface area (Å²) in [5.41, 5.74) is 3.31. The topological polar surface area (TPSA) is 69.5 Å². The molecule has 0 atom stereocenters. The Morgan fingerprint density at radius 2 is 1.56 bits per heavy atom. The Hall–Kier alpha value is -3.34. The number of oxime groups is 1. The number of nitrogens with one attached hydrogen (secondary N) is 2. The van der Waals surface area contributed by atoms with Gasteiger partial charge >= 0.3 is 0 Å². The van der Waals surface area contributed by atoms with E-state index in [-0.39, 0.29) is 5.96 Å². The molecule has 0 amide bonds. The van der Waals surface area contributed by atoms with Crippen LogP contribution in [0, 0.1) is 0 Å². The van der Waals surface area contributed by atoms with Gasteiger partial charge < -0.3 is 15.8 Å². The molecule has 3 rings (SSSR count). The number of hydrogen-bond acceptors (Lipinski definition) is 3. The third-order valence-corrected chi connectivity index (χ3v) is 3.77. The molecule has 0 radical (unpaired) electrons. The van der Waals surface area contributed by atoms with E-state index < -0.39 is 0 Å². The highest BCUT2D eigenvalue weighted by Crippen LogP contribution is 2.16. The van der Waals surface area contributed by atoms with Crippen LogP contribution in [-0.4, -0.2) is 16.2 Å². The summed E-state index contributed by atoms with van der Waals surface area (Å²) in [6.07, 6.45) is 2.46. The van der Waals surface area contributed by atoms with Crippen molar-refractivity contribution in [2.45, 2.75) is 13.0 Å². The Morgan fingerprint density at radius 3 is 2.24 bits per heavy atom. The van der Waals surface area contributed by atoms with Crippen LogP contribution < -0.4 is 10.6 Å². The van der Waals surface area contributed by atoms with Gasteiger partial charge in [0.2, 0.25) is 5.96 Å². The first kappa shape index (κ1) is 16.5. The summed E-state index contributed by atoms with van der Waals surface area (Å²) in [5, 5.41) is 18.7. The number of guanidine groups is 1. The van der Waals surface area contributed by atoms with E-state index in [1.54, 1.807) is 6.20 Å². The van der Waals surface area contributed by atoms with Crippen LogP contribution in [0.3, 0.4) is 0 Å². The van der Waals surface area contributed by atoms with Crippen LogP contribution in [-0.2, 0) is 13.0 Å². The maximum Gasteiger partial charge on any atom is 0.239 e. The molecule has 0 aliphatic carbocycles. The van der Waals surface area contributed by atoms with E-state index in [0.29, 0.717) is 12.4 Å². The van der Waals surface area contributed by atoms with E-state index in [0.717, 1.165) is 17.5 Å². The van der Waals surface area contributed by atoms with Crippen molar-refractivity contribution in [3.63, 3.8) is 0 Å². The van der Waals surface area contributed by atoms with Gasteiger partial charge in [-0.1, -0.05) is 71.9 Å². The predicted molar refractivity (Wildman–Crippen MR) is 99.6 cm³/mol. The molecule has 3 aromatic rings. The Balaban J connectivity index is 1.68. The molecule has 0 bridgehead atoms. The van der Waals surface area contributed by atoms with Gasteiger partial charge in [0.1, 0.15) is 5.82 Å². The van der Waals surface area contributed by atoms with Gasteiger partial charge in [-0.25, -0.2) is 4.98 Å². The molecule has 0 aliphatic rings. The fourth-order valence-electron chi connectivity index (χ4n) is 2.51. The minimum absolute atomic E-state index is 0.261. The van der Waals surface area contributed by atoms with Gasteiger partial charge in [0, 0.05) is 19.2 Å². The smallest absolute Gasteiger partial charge is 0.239 e. The first-order chi connectivity index (χ1) is 12.3. The van der Waals surface area contributed by atoms with E-state index in [1.165, 1.54) is 5.56 Å². The summed E-state index contributed by atoms with van der Waals surface area (Å²) in [7, 11) is 0. The predicted octanol–water partition coefficient (Wildman–Crippen LogP) is 3.62. The fourth-order valence-corrected chi connectivity index (χ4v) is 2.51. The first-order valence-corrected chi connectivity index (χ1v) is 8.10. The minimum atomic E-state index is 0.261. The van der Waals surface area contributed by atoms with E-state index in [9.17, 15) is 5.21 Å². The molecule has 0 saturated carbocycles. The van der Waals surface area contributed by atoms with E-state index in [2.05, 4.69) is 32.9 Å². The molecule has 3 N–H and O–H groups in total. The maximum absolute atomic E-state index is 9.28. The van der Waals surface area contributed by atoms with Crippen molar-refractivity contribution in [1.29, 1.82) is 0 Å². The van der Waals surface area contributed by atoms with Gasteiger partial charge in [-0.2, -0.15) is 0 Å². The van der Waals surface area contributed by atoms with Crippen molar-refractivity contribution in [1.82, 2.24) is 10.3 Å². The normalized spacial score (nSPS) is 11.1. The van der Waals surface area contributed by atoms with Gasteiger partial charge in [-0.3, -0.25) is 0 Å². The molecule has 5 heteroatoms. The standard InChI is InChI=1S/C20H20N4O/c25-24-20(22-15-17-10-5-2-6-11-17)23-19-18(12-7-13-21-19)14-16-8-3-1-4-9-16/h1-13,25H,14-15H2,(H2,21,22,23,24). The van der Waals surface area contributed by atoms with Crippen LogP contribution in [0.25, 0.3) is 0 Å². The average Bonchev–Trinajstić information content (AvgIpc) is 2.68. The number of hydrogen-bond donors (Lipinski definition) is 3. The summed E-state index contributed by atoms with van der Waals surface area (Å²) < 4.78 is 0. The zero-order chi connectivity index (χ0) is 17.3. The lowest BCUT2D eigenvalue weighted by Crippen LogP contribution is -2.31. The van der Waals surface area contributed by atoms with Crippen molar-refractivity contribution < 1.29 is 5.21 Å². The molecule has 0 aliphatic heterocycles. The molecule has 0 spiro atoms. The Bertz CT molecular complexity index is 819. The first-order valence-electron chi connectivity index (χ1n) is 8.10. The Morgan fingerprint density at radius 1 is 0.880 bits per heavy atom. The van der Waals surface area contributed by atoms with Crippen LogP contribution in [0.15, 0.2) is 84.1 Å². The van der Waals surface area contributed by atoms with Crippen LogP contribution in [0.1, 0.15) is 16.7 Å². The SMILES string of the molecule is ON=C(NCc1ccccc1)Nc1ncccc1Cc1ccccc1. The molecule has 0 fully saturated rings. The molecule has 25 heavy (non-hydrogen) atoms. The number of pyridine rings is 1. The fraction of sp³-hybridized carbons (Fsp3) is 0.100. The number of rotatable bonds is 5. The van der Waals surface area contributed by atoms with Crippen molar-refractivity contribution >= 4 is 11.8 Å². The van der Waals surface area contributed by atoms with Gasteiger partial charge in [-0.05, 0) is 22.8 Å². The number of benzene rings is 2. The molecule has 1 aromatic heterocycles. The quantitative estimate of drug-likeness (QED) is 0.289. The largest absolute Gasteiger partial charge is 0.408 e. The highest BCUT2D eigenvalue weighted by atomic mass is 16.4. The van der Waals surface area contributed by atoms with Crippen molar-refractivity contribution in [2.24, 2.45) is 5.16 Å². The van der Waals surface area contributed by atoms with E-state index in [4.69, 9.17) is 0 Å². The number of nitrogens with zero attached hydrogens (tertiary/aromatic N) is 2. The van der Waals surface area contributed by atoms with Gasteiger partial charge in [0.15, 0.2) is 0 Å². The third kappa shape index (κ3) is 4.81. The molecule has 5 nitrogen and oxygen atoms in total. The lowest BCUT2D eigenvalue weighted by molar-refractivity contribution is 0.316. The van der Waals surface area contributed by atoms with Crippen LogP contribution in [0.2, 0.25) is 0 Å². The van der Waals surface area contributed by atoms with Crippen molar-refractivity contribution in [3.05, 3.63) is 95.7 Å². The molecule has 2 aromatic carbocycles. The van der Waals surface area contributed by atoms with Crippen LogP contribution in [0.5, 0.6) is 0 Å². The van der Waals surface area contributed by atoms with Crippen LogP contribution in [0.4, 0.5) is 5.82 Å². The van der Waals surface area contributed by atoms with Gasteiger partial charge in [0.25, 0.3) is 0 Å². The summed E-state index contributed by atoms with van der Waals surface area (Å²) in [5.74, 6) is 0.927. The highest BCUT2D eigenvalue weighted by molar-refractivity contribution is 5.92. The Labute approximate surface area is 147 Å². The molecule has 0 unspecified atom stereocenters. The summed E-state index contributed by atoms with van der Waals surface area (Å²) >= 11 is 0. The third-order valence-electron chi connectivity index (χ3n) is 3.77. The lowest BCUT2D eigenvalue weighted by Gasteiger charge is -2.13.